The van der Waals surface area contributed by atoms with Gasteiger partial charge in [0.05, 0.1) is 5.69 Å². The van der Waals surface area contributed by atoms with Crippen LogP contribution < -0.4 is 15.2 Å². The molecule has 1 atom stereocenters. The van der Waals surface area contributed by atoms with Crippen LogP contribution in [0.1, 0.15) is 24.2 Å². The molecule has 3 heterocycles. The number of nitrogens with zero attached hydrogens (tertiary/aromatic N) is 3. The average Bonchev–Trinajstić information content (AvgIpc) is 3.18. The number of carbonyl (C=O) groups is 1. The second kappa shape index (κ2) is 8.53. The fourth-order valence-corrected chi connectivity index (χ4v) is 4.49. The number of piperidine rings is 1. The predicted octanol–water partition coefficient (Wildman–Crippen LogP) is 2.49. The van der Waals surface area contributed by atoms with E-state index in [9.17, 15) is 9.59 Å². The van der Waals surface area contributed by atoms with Crippen LogP contribution in [0.15, 0.2) is 53.3 Å². The molecule has 1 N–H and O–H groups in total. The highest BCUT2D eigenvalue weighted by Gasteiger charge is 2.33. The maximum absolute atomic E-state index is 13.0. The molecule has 0 saturated carbocycles. The third-order valence-corrected chi connectivity index (χ3v) is 6.28. The molecule has 32 heavy (non-hydrogen) atoms. The minimum absolute atomic E-state index is 0.0328. The van der Waals surface area contributed by atoms with Gasteiger partial charge in [0, 0.05) is 19.5 Å². The summed E-state index contributed by atoms with van der Waals surface area (Å²) in [5.74, 6) is 2.33. The van der Waals surface area contributed by atoms with Crippen LogP contribution in [-0.4, -0.2) is 51.4 Å². The van der Waals surface area contributed by atoms with Gasteiger partial charge < -0.3 is 14.4 Å². The first kappa shape index (κ1) is 20.4. The number of fused-ring (bicyclic) bond motifs is 1. The summed E-state index contributed by atoms with van der Waals surface area (Å²) in [6, 6.07) is 15.2. The van der Waals surface area contributed by atoms with Gasteiger partial charge in [-0.25, -0.2) is 14.5 Å². The molecular weight excluding hydrogens is 408 g/mol. The van der Waals surface area contributed by atoms with E-state index in [-0.39, 0.29) is 18.2 Å². The zero-order valence-electron chi connectivity index (χ0n) is 18.0. The van der Waals surface area contributed by atoms with Crippen molar-refractivity contribution in [1.29, 1.82) is 0 Å². The number of likely N-dealkylation sites (tertiary alicyclic amines) is 1. The van der Waals surface area contributed by atoms with Crippen molar-refractivity contribution >= 4 is 5.91 Å². The average molecular weight is 434 g/mol. The molecule has 0 bridgehead atoms. The number of hydrogen-bond acceptors (Lipinski definition) is 5. The van der Waals surface area contributed by atoms with Crippen LogP contribution in [0.5, 0.6) is 11.5 Å². The Morgan fingerprint density at radius 3 is 2.59 bits per heavy atom. The Hall–Kier alpha value is -3.55. The standard InChI is InChI=1S/C24H26N4O4/c1-16-6-2-3-7-18(16)28-22(25-26-24(28)30)14-17-10-12-27(13-11-17)23(29)21-15-31-19-8-4-5-9-20(19)32-21/h2-9,17,21H,10-15H2,1H3,(H,26,30). The van der Waals surface area contributed by atoms with Crippen LogP contribution in [0.4, 0.5) is 0 Å². The minimum Gasteiger partial charge on any atom is -0.485 e. The number of aromatic nitrogens is 3. The van der Waals surface area contributed by atoms with Crippen molar-refractivity contribution in [3.05, 3.63) is 70.4 Å². The molecule has 2 aromatic carbocycles. The summed E-state index contributed by atoms with van der Waals surface area (Å²) in [6.45, 7) is 3.53. The van der Waals surface area contributed by atoms with Crippen LogP contribution >= 0.6 is 0 Å². The van der Waals surface area contributed by atoms with E-state index < -0.39 is 6.10 Å². The monoisotopic (exact) mass is 434 g/mol. The molecule has 3 aromatic rings. The maximum atomic E-state index is 13.0. The molecule has 1 aromatic heterocycles. The van der Waals surface area contributed by atoms with Crippen molar-refractivity contribution in [2.24, 2.45) is 5.92 Å². The highest BCUT2D eigenvalue weighted by Crippen LogP contribution is 2.32. The van der Waals surface area contributed by atoms with Crippen molar-refractivity contribution in [2.45, 2.75) is 32.3 Å². The maximum Gasteiger partial charge on any atom is 0.347 e. The normalized spacial score (nSPS) is 18.5. The van der Waals surface area contributed by atoms with Gasteiger partial charge in [0.2, 0.25) is 6.10 Å². The lowest BCUT2D eigenvalue weighted by Crippen LogP contribution is -2.49. The molecule has 0 radical (unpaired) electrons. The van der Waals surface area contributed by atoms with E-state index in [4.69, 9.17) is 9.47 Å². The number of rotatable bonds is 4. The van der Waals surface area contributed by atoms with Crippen molar-refractivity contribution in [3.8, 4) is 17.2 Å². The topological polar surface area (TPSA) is 89.4 Å². The Morgan fingerprint density at radius 1 is 1.09 bits per heavy atom. The number of carbonyl (C=O) groups excluding carboxylic acids is 1. The van der Waals surface area contributed by atoms with E-state index in [1.807, 2.05) is 60.4 Å². The molecule has 8 heteroatoms. The molecule has 1 fully saturated rings. The number of amides is 1. The van der Waals surface area contributed by atoms with Crippen LogP contribution in [0.3, 0.4) is 0 Å². The highest BCUT2D eigenvalue weighted by molar-refractivity contribution is 5.82. The first-order chi connectivity index (χ1) is 15.6. The summed E-state index contributed by atoms with van der Waals surface area (Å²) in [6.07, 6.45) is 1.78. The third-order valence-electron chi connectivity index (χ3n) is 6.28. The van der Waals surface area contributed by atoms with Gasteiger partial charge in [0.15, 0.2) is 11.5 Å². The van der Waals surface area contributed by atoms with Crippen LogP contribution in [0, 0.1) is 12.8 Å². The molecule has 0 spiro atoms. The van der Waals surface area contributed by atoms with E-state index in [1.165, 1.54) is 0 Å². The lowest BCUT2D eigenvalue weighted by atomic mass is 9.93. The van der Waals surface area contributed by atoms with Gasteiger partial charge >= 0.3 is 5.69 Å². The number of para-hydroxylation sites is 3. The number of aromatic amines is 1. The molecular formula is C24H26N4O4. The second-order valence-electron chi connectivity index (χ2n) is 8.40. The van der Waals surface area contributed by atoms with Gasteiger partial charge in [-0.05, 0) is 49.4 Å². The summed E-state index contributed by atoms with van der Waals surface area (Å²) < 4.78 is 13.2. The largest absolute Gasteiger partial charge is 0.485 e. The highest BCUT2D eigenvalue weighted by atomic mass is 16.6. The first-order valence-corrected chi connectivity index (χ1v) is 11.0. The third kappa shape index (κ3) is 3.88. The second-order valence-corrected chi connectivity index (χ2v) is 8.40. The summed E-state index contributed by atoms with van der Waals surface area (Å²) in [5, 5.41) is 6.88. The molecule has 5 rings (SSSR count). The van der Waals surface area contributed by atoms with Crippen molar-refractivity contribution in [1.82, 2.24) is 19.7 Å². The van der Waals surface area contributed by atoms with Crippen LogP contribution in [0.2, 0.25) is 0 Å². The molecule has 2 aliphatic heterocycles. The number of H-pyrrole nitrogens is 1. The molecule has 2 aliphatic rings. The van der Waals surface area contributed by atoms with E-state index in [2.05, 4.69) is 10.2 Å². The molecule has 0 aliphatic carbocycles. The Bertz CT molecular complexity index is 1180. The fourth-order valence-electron chi connectivity index (χ4n) is 4.49. The van der Waals surface area contributed by atoms with Crippen molar-refractivity contribution < 1.29 is 14.3 Å². The predicted molar refractivity (Wildman–Crippen MR) is 118 cm³/mol. The zero-order chi connectivity index (χ0) is 22.1. The van der Waals surface area contributed by atoms with Gasteiger partial charge in [-0.2, -0.15) is 5.10 Å². The van der Waals surface area contributed by atoms with Crippen LogP contribution in [0.25, 0.3) is 5.69 Å². The van der Waals surface area contributed by atoms with Crippen molar-refractivity contribution in [3.63, 3.8) is 0 Å². The minimum atomic E-state index is -0.612. The molecule has 1 unspecified atom stereocenters. The first-order valence-electron chi connectivity index (χ1n) is 11.0. The van der Waals surface area contributed by atoms with E-state index in [0.29, 0.717) is 36.9 Å². The van der Waals surface area contributed by atoms with Gasteiger partial charge in [0.25, 0.3) is 5.91 Å². The summed E-state index contributed by atoms with van der Waals surface area (Å²) in [4.78, 5) is 27.2. The lowest BCUT2D eigenvalue weighted by molar-refractivity contribution is -0.142. The number of hydrogen-bond donors (Lipinski definition) is 1. The molecule has 1 amide bonds. The Kier molecular flexibility index (Phi) is 5.43. The summed E-state index contributed by atoms with van der Waals surface area (Å²) in [5.41, 5.74) is 1.65. The van der Waals surface area contributed by atoms with Gasteiger partial charge in [0.1, 0.15) is 12.4 Å². The van der Waals surface area contributed by atoms with Gasteiger partial charge in [-0.3, -0.25) is 4.79 Å². The van der Waals surface area contributed by atoms with Gasteiger partial charge in [-0.15, -0.1) is 0 Å². The fraction of sp³-hybridized carbons (Fsp3) is 0.375. The number of benzene rings is 2. The van der Waals surface area contributed by atoms with E-state index >= 15 is 0 Å². The van der Waals surface area contributed by atoms with Gasteiger partial charge in [-0.1, -0.05) is 30.3 Å². The SMILES string of the molecule is Cc1ccccc1-n1c(CC2CCN(C(=O)C3COc4ccccc4O3)CC2)n[nH]c1=O. The summed E-state index contributed by atoms with van der Waals surface area (Å²) >= 11 is 0. The molecule has 166 valence electrons. The smallest absolute Gasteiger partial charge is 0.347 e. The Labute approximate surface area is 185 Å². The van der Waals surface area contributed by atoms with E-state index in [0.717, 1.165) is 29.9 Å². The molecule has 1 saturated heterocycles. The van der Waals surface area contributed by atoms with E-state index in [1.54, 1.807) is 4.57 Å². The van der Waals surface area contributed by atoms with Crippen LogP contribution in [-0.2, 0) is 11.2 Å². The lowest BCUT2D eigenvalue weighted by Gasteiger charge is -2.35. The number of nitrogens with one attached hydrogen (secondary N) is 1. The zero-order valence-corrected chi connectivity index (χ0v) is 18.0. The van der Waals surface area contributed by atoms with Crippen molar-refractivity contribution in [2.75, 3.05) is 19.7 Å². The summed E-state index contributed by atoms with van der Waals surface area (Å²) in [7, 11) is 0. The Balaban J connectivity index is 1.22. The Morgan fingerprint density at radius 2 is 1.81 bits per heavy atom. The quantitative estimate of drug-likeness (QED) is 0.682. The number of ether oxygens (including phenoxy) is 2. The molecule has 8 nitrogen and oxygen atoms in total. The number of aryl methyl sites for hydroxylation is 1.